The number of carbonyl (C=O) groups is 3. The Morgan fingerprint density at radius 3 is 2.27 bits per heavy atom. The van der Waals surface area contributed by atoms with Crippen LogP contribution in [-0.4, -0.2) is 38.8 Å². The van der Waals surface area contributed by atoms with Gasteiger partial charge in [-0.15, -0.1) is 0 Å². The molecule has 10 heteroatoms. The molecule has 0 aromatic heterocycles. The lowest BCUT2D eigenvalue weighted by Crippen LogP contribution is -2.39. The van der Waals surface area contributed by atoms with Gasteiger partial charge >= 0.3 is 6.03 Å². The number of nitrogens with one attached hydrogen (secondary N) is 3. The molecule has 1 aliphatic heterocycles. The third-order valence-corrected chi connectivity index (χ3v) is 5.96. The van der Waals surface area contributed by atoms with E-state index in [4.69, 9.17) is 0 Å². The SMILES string of the molecule is CC(=O)NS(=O)(=O)c1ccc(NC(=O)N[C@H]2CC(=O)N(c3ccc(C)cc3)C2)cc1. The smallest absolute Gasteiger partial charge is 0.319 e. The molecule has 0 saturated carbocycles. The van der Waals surface area contributed by atoms with E-state index in [2.05, 4.69) is 10.6 Å². The number of carbonyl (C=O) groups excluding carboxylic acids is 3. The van der Waals surface area contributed by atoms with Crippen molar-refractivity contribution >= 4 is 39.2 Å². The van der Waals surface area contributed by atoms with Crippen LogP contribution in [-0.2, 0) is 19.6 Å². The molecule has 3 N–H and O–H groups in total. The molecule has 0 aliphatic carbocycles. The predicted molar refractivity (Wildman–Crippen MR) is 112 cm³/mol. The zero-order valence-electron chi connectivity index (χ0n) is 16.5. The normalized spacial score (nSPS) is 16.3. The second kappa shape index (κ2) is 8.54. The molecule has 3 rings (SSSR count). The minimum absolute atomic E-state index is 0.0725. The Hall–Kier alpha value is -3.40. The number of hydrogen-bond acceptors (Lipinski definition) is 5. The van der Waals surface area contributed by atoms with Gasteiger partial charge in [0.2, 0.25) is 11.8 Å². The first kappa shape index (κ1) is 21.3. The quantitative estimate of drug-likeness (QED) is 0.667. The molecule has 2 aromatic rings. The summed E-state index contributed by atoms with van der Waals surface area (Å²) in [4.78, 5) is 37.1. The molecular formula is C20H22N4O5S. The van der Waals surface area contributed by atoms with Crippen molar-refractivity contribution in [3.05, 3.63) is 54.1 Å². The van der Waals surface area contributed by atoms with Crippen molar-refractivity contribution < 1.29 is 22.8 Å². The standard InChI is InChI=1S/C20H22N4O5S/c1-13-3-7-17(8-4-13)24-12-16(11-19(24)26)22-20(27)21-15-5-9-18(10-6-15)30(28,29)23-14(2)25/h3-10,16H,11-12H2,1-2H3,(H,23,25)(H2,21,22,27)/t16-/m0/s1. The molecule has 1 fully saturated rings. The van der Waals surface area contributed by atoms with Crippen LogP contribution in [0.15, 0.2) is 53.4 Å². The first-order valence-corrected chi connectivity index (χ1v) is 10.7. The van der Waals surface area contributed by atoms with E-state index in [-0.39, 0.29) is 23.3 Å². The molecule has 158 valence electrons. The molecule has 0 spiro atoms. The fraction of sp³-hybridized carbons (Fsp3) is 0.250. The summed E-state index contributed by atoms with van der Waals surface area (Å²) >= 11 is 0. The van der Waals surface area contributed by atoms with Crippen molar-refractivity contribution in [3.8, 4) is 0 Å². The Bertz CT molecular complexity index is 1070. The second-order valence-corrected chi connectivity index (χ2v) is 8.71. The lowest BCUT2D eigenvalue weighted by molar-refractivity contribution is -0.118. The van der Waals surface area contributed by atoms with Gasteiger partial charge in [0.25, 0.3) is 10.0 Å². The average molecular weight is 430 g/mol. The van der Waals surface area contributed by atoms with E-state index in [1.165, 1.54) is 24.3 Å². The van der Waals surface area contributed by atoms with E-state index in [1.807, 2.05) is 35.9 Å². The summed E-state index contributed by atoms with van der Waals surface area (Å²) in [6.07, 6.45) is 0.190. The van der Waals surface area contributed by atoms with Gasteiger partial charge in [-0.25, -0.2) is 17.9 Å². The van der Waals surface area contributed by atoms with Crippen LogP contribution in [0.2, 0.25) is 0 Å². The van der Waals surface area contributed by atoms with Gasteiger partial charge in [0.1, 0.15) is 0 Å². The summed E-state index contributed by atoms with van der Waals surface area (Å²) in [5.74, 6) is -0.765. The molecule has 0 unspecified atom stereocenters. The van der Waals surface area contributed by atoms with E-state index in [0.717, 1.165) is 18.2 Å². The minimum Gasteiger partial charge on any atom is -0.333 e. The third kappa shape index (κ3) is 5.15. The molecule has 9 nitrogen and oxygen atoms in total. The minimum atomic E-state index is -3.94. The van der Waals surface area contributed by atoms with E-state index in [0.29, 0.717) is 12.2 Å². The molecular weight excluding hydrogens is 408 g/mol. The zero-order valence-corrected chi connectivity index (χ0v) is 17.3. The van der Waals surface area contributed by atoms with Gasteiger partial charge in [-0.1, -0.05) is 17.7 Å². The highest BCUT2D eigenvalue weighted by molar-refractivity contribution is 7.90. The van der Waals surface area contributed by atoms with Crippen molar-refractivity contribution in [3.63, 3.8) is 0 Å². The molecule has 0 radical (unpaired) electrons. The maximum absolute atomic E-state index is 12.3. The molecule has 1 heterocycles. The fourth-order valence-electron chi connectivity index (χ4n) is 3.10. The molecule has 2 aromatic carbocycles. The Morgan fingerprint density at radius 2 is 1.67 bits per heavy atom. The van der Waals surface area contributed by atoms with Gasteiger partial charge in [-0.3, -0.25) is 9.59 Å². The van der Waals surface area contributed by atoms with Gasteiger partial charge in [0, 0.05) is 31.3 Å². The first-order chi connectivity index (χ1) is 14.1. The van der Waals surface area contributed by atoms with Gasteiger partial charge in [0.15, 0.2) is 0 Å². The number of amides is 4. The average Bonchev–Trinajstić information content (AvgIpc) is 3.01. The van der Waals surface area contributed by atoms with Crippen LogP contribution >= 0.6 is 0 Å². The number of aryl methyl sites for hydroxylation is 1. The Balaban J connectivity index is 1.57. The van der Waals surface area contributed by atoms with E-state index in [9.17, 15) is 22.8 Å². The largest absolute Gasteiger partial charge is 0.333 e. The number of sulfonamides is 1. The first-order valence-electron chi connectivity index (χ1n) is 9.22. The predicted octanol–water partition coefficient (Wildman–Crippen LogP) is 1.75. The summed E-state index contributed by atoms with van der Waals surface area (Å²) in [5, 5.41) is 5.36. The molecule has 4 amide bonds. The molecule has 0 bridgehead atoms. The molecule has 1 saturated heterocycles. The Morgan fingerprint density at radius 1 is 1.03 bits per heavy atom. The third-order valence-electron chi connectivity index (χ3n) is 4.51. The monoisotopic (exact) mass is 430 g/mol. The number of nitrogens with zero attached hydrogens (tertiary/aromatic N) is 1. The van der Waals surface area contributed by atoms with Crippen molar-refractivity contribution in [2.75, 3.05) is 16.8 Å². The van der Waals surface area contributed by atoms with Crippen molar-refractivity contribution in [2.24, 2.45) is 0 Å². The summed E-state index contributed by atoms with van der Waals surface area (Å²) in [6, 6.07) is 12.1. The van der Waals surface area contributed by atoms with E-state index < -0.39 is 22.0 Å². The molecule has 30 heavy (non-hydrogen) atoms. The maximum atomic E-state index is 12.3. The fourth-order valence-corrected chi connectivity index (χ4v) is 4.09. The summed E-state index contributed by atoms with van der Waals surface area (Å²) in [6.45, 7) is 3.43. The van der Waals surface area contributed by atoms with Gasteiger partial charge in [0.05, 0.1) is 10.9 Å². The molecule has 1 atom stereocenters. The van der Waals surface area contributed by atoms with Crippen molar-refractivity contribution in [1.82, 2.24) is 10.0 Å². The number of hydrogen-bond donors (Lipinski definition) is 3. The van der Waals surface area contributed by atoms with E-state index in [1.54, 1.807) is 4.90 Å². The van der Waals surface area contributed by atoms with Crippen molar-refractivity contribution in [1.29, 1.82) is 0 Å². The number of benzene rings is 2. The van der Waals surface area contributed by atoms with Crippen LogP contribution < -0.4 is 20.3 Å². The second-order valence-electron chi connectivity index (χ2n) is 7.03. The van der Waals surface area contributed by atoms with Gasteiger partial charge in [-0.2, -0.15) is 0 Å². The Labute approximate surface area is 174 Å². The maximum Gasteiger partial charge on any atom is 0.319 e. The Kier molecular flexibility index (Phi) is 6.06. The highest BCUT2D eigenvalue weighted by Gasteiger charge is 2.31. The van der Waals surface area contributed by atoms with Crippen molar-refractivity contribution in [2.45, 2.75) is 31.2 Å². The van der Waals surface area contributed by atoms with Crippen LogP contribution in [0.4, 0.5) is 16.2 Å². The topological polar surface area (TPSA) is 125 Å². The van der Waals surface area contributed by atoms with Crippen LogP contribution in [0, 0.1) is 6.92 Å². The van der Waals surface area contributed by atoms with Crippen LogP contribution in [0.1, 0.15) is 18.9 Å². The van der Waals surface area contributed by atoms with Gasteiger partial charge in [-0.05, 0) is 43.3 Å². The highest BCUT2D eigenvalue weighted by Crippen LogP contribution is 2.22. The van der Waals surface area contributed by atoms with Crippen LogP contribution in [0.25, 0.3) is 0 Å². The molecule has 1 aliphatic rings. The number of rotatable bonds is 5. The number of anilines is 2. The van der Waals surface area contributed by atoms with Gasteiger partial charge < -0.3 is 15.5 Å². The van der Waals surface area contributed by atoms with E-state index >= 15 is 0 Å². The summed E-state index contributed by atoms with van der Waals surface area (Å²) < 4.78 is 25.7. The van der Waals surface area contributed by atoms with Crippen LogP contribution in [0.3, 0.4) is 0 Å². The summed E-state index contributed by atoms with van der Waals surface area (Å²) in [7, 11) is -3.94. The number of urea groups is 1. The lowest BCUT2D eigenvalue weighted by Gasteiger charge is -2.17. The lowest BCUT2D eigenvalue weighted by atomic mass is 10.2. The van der Waals surface area contributed by atoms with Crippen LogP contribution in [0.5, 0.6) is 0 Å². The highest BCUT2D eigenvalue weighted by atomic mass is 32.2. The summed E-state index contributed by atoms with van der Waals surface area (Å²) in [5.41, 5.74) is 2.25. The zero-order chi connectivity index (χ0) is 21.9.